The third-order valence-corrected chi connectivity index (χ3v) is 7.68. The first-order chi connectivity index (χ1) is 20.2. The summed E-state index contributed by atoms with van der Waals surface area (Å²) in [5.41, 5.74) is 3.66. The Balaban J connectivity index is 1.20. The SMILES string of the molecule is O=C(Cc1ccc2[nH]ncc2c1)Nc1ccc(Cl)c(C(=O)N[C@@H](CNC(=O)N[C@@H]2CCc3ccccc32)C(=O)O)c1Cl. The van der Waals surface area contributed by atoms with Gasteiger partial charge in [0.2, 0.25) is 5.91 Å². The lowest BCUT2D eigenvalue weighted by Crippen LogP contribution is -2.50. The number of aromatic nitrogens is 2. The molecule has 4 aromatic rings. The summed E-state index contributed by atoms with van der Waals surface area (Å²) in [7, 11) is 0. The van der Waals surface area contributed by atoms with Crippen molar-refractivity contribution in [3.63, 3.8) is 0 Å². The van der Waals surface area contributed by atoms with Crippen molar-refractivity contribution < 1.29 is 24.3 Å². The van der Waals surface area contributed by atoms with Gasteiger partial charge in [0.1, 0.15) is 6.04 Å². The minimum atomic E-state index is -1.48. The molecule has 0 unspecified atom stereocenters. The number of amides is 4. The van der Waals surface area contributed by atoms with E-state index in [4.69, 9.17) is 23.2 Å². The van der Waals surface area contributed by atoms with Crippen LogP contribution in [0.4, 0.5) is 10.5 Å². The molecule has 13 heteroatoms. The van der Waals surface area contributed by atoms with Crippen molar-refractivity contribution in [3.05, 3.63) is 93.1 Å². The first kappa shape index (κ1) is 28.9. The Morgan fingerprint density at radius 3 is 2.69 bits per heavy atom. The van der Waals surface area contributed by atoms with E-state index in [1.807, 2.05) is 36.4 Å². The normalized spacial score (nSPS) is 14.6. The molecule has 11 nitrogen and oxygen atoms in total. The number of benzene rings is 3. The fourth-order valence-corrected chi connectivity index (χ4v) is 5.47. The summed E-state index contributed by atoms with van der Waals surface area (Å²) in [6.45, 7) is -0.395. The lowest BCUT2D eigenvalue weighted by molar-refractivity contribution is -0.139. The van der Waals surface area contributed by atoms with Crippen LogP contribution in [0.2, 0.25) is 10.0 Å². The highest BCUT2D eigenvalue weighted by molar-refractivity contribution is 6.41. The molecule has 4 amide bonds. The standard InChI is InChI=1S/C29H26Cl2N6O5/c30-19-7-10-22(34-24(38)12-15-5-8-20-17(11-15)13-33-37-20)26(31)25(19)27(39)35-23(28(40)41)14-32-29(42)36-21-9-6-16-3-1-2-4-18(16)21/h1-5,7-8,10-11,13,21,23H,6,9,12,14H2,(H,33,37)(H,34,38)(H,35,39)(H,40,41)(H2,32,36,42)/t21-,23+/m1/s1. The van der Waals surface area contributed by atoms with Gasteiger partial charge in [-0.3, -0.25) is 14.7 Å². The molecule has 0 aliphatic heterocycles. The van der Waals surface area contributed by atoms with Gasteiger partial charge in [0.25, 0.3) is 5.91 Å². The van der Waals surface area contributed by atoms with E-state index in [1.165, 1.54) is 12.1 Å². The van der Waals surface area contributed by atoms with Gasteiger partial charge in [-0.2, -0.15) is 5.10 Å². The Bertz CT molecular complexity index is 1690. The Morgan fingerprint density at radius 2 is 1.88 bits per heavy atom. The van der Waals surface area contributed by atoms with Gasteiger partial charge in [0.05, 0.1) is 52.0 Å². The van der Waals surface area contributed by atoms with Crippen LogP contribution in [0.5, 0.6) is 0 Å². The molecule has 1 aromatic heterocycles. The van der Waals surface area contributed by atoms with Crippen LogP contribution in [0.25, 0.3) is 10.9 Å². The quantitative estimate of drug-likeness (QED) is 0.166. The van der Waals surface area contributed by atoms with Gasteiger partial charge in [0, 0.05) is 5.39 Å². The first-order valence-corrected chi connectivity index (χ1v) is 13.8. The summed E-state index contributed by atoms with van der Waals surface area (Å²) in [6.07, 6.45) is 3.24. The van der Waals surface area contributed by atoms with Crippen LogP contribution in [-0.4, -0.2) is 51.7 Å². The number of carbonyl (C=O) groups excluding carboxylic acids is 3. The van der Waals surface area contributed by atoms with Gasteiger partial charge in [0.15, 0.2) is 0 Å². The zero-order valence-electron chi connectivity index (χ0n) is 22.0. The van der Waals surface area contributed by atoms with E-state index in [1.54, 1.807) is 12.3 Å². The maximum absolute atomic E-state index is 13.1. The molecular weight excluding hydrogens is 583 g/mol. The number of H-pyrrole nitrogens is 1. The molecule has 1 aliphatic carbocycles. The van der Waals surface area contributed by atoms with Crippen LogP contribution in [-0.2, 0) is 22.4 Å². The summed E-state index contributed by atoms with van der Waals surface area (Å²) in [5.74, 6) is -2.65. The van der Waals surface area contributed by atoms with Gasteiger partial charge in [-0.15, -0.1) is 0 Å². The highest BCUT2D eigenvalue weighted by Gasteiger charge is 2.27. The van der Waals surface area contributed by atoms with Crippen molar-refractivity contribution in [2.45, 2.75) is 31.3 Å². The molecule has 3 aromatic carbocycles. The monoisotopic (exact) mass is 608 g/mol. The zero-order chi connectivity index (χ0) is 29.8. The van der Waals surface area contributed by atoms with E-state index >= 15 is 0 Å². The molecule has 0 saturated carbocycles. The second kappa shape index (κ2) is 12.5. The number of halogens is 2. The van der Waals surface area contributed by atoms with E-state index in [0.717, 1.165) is 40.4 Å². The lowest BCUT2D eigenvalue weighted by Gasteiger charge is -2.19. The molecule has 0 bridgehead atoms. The number of aromatic amines is 1. The number of hydrogen-bond donors (Lipinski definition) is 6. The third-order valence-electron chi connectivity index (χ3n) is 6.97. The number of fused-ring (bicyclic) bond motifs is 2. The second-order valence-corrected chi connectivity index (χ2v) is 10.6. The summed E-state index contributed by atoms with van der Waals surface area (Å²) >= 11 is 12.7. The largest absolute Gasteiger partial charge is 0.480 e. The Labute approximate surface area is 250 Å². The fraction of sp³-hybridized carbons (Fsp3) is 0.207. The predicted octanol–water partition coefficient (Wildman–Crippen LogP) is 4.22. The maximum atomic E-state index is 13.1. The van der Waals surface area contributed by atoms with Crippen molar-refractivity contribution in [3.8, 4) is 0 Å². The molecule has 216 valence electrons. The van der Waals surface area contributed by atoms with E-state index in [-0.39, 0.29) is 33.8 Å². The number of rotatable bonds is 9. The Kier molecular flexibility index (Phi) is 8.60. The molecule has 0 fully saturated rings. The highest BCUT2D eigenvalue weighted by atomic mass is 35.5. The molecule has 0 saturated heterocycles. The van der Waals surface area contributed by atoms with Crippen LogP contribution in [0.1, 0.15) is 39.5 Å². The van der Waals surface area contributed by atoms with E-state index in [0.29, 0.717) is 0 Å². The number of carboxylic acid groups (broad SMARTS) is 1. The summed E-state index contributed by atoms with van der Waals surface area (Å²) < 4.78 is 0. The molecule has 0 spiro atoms. The second-order valence-electron chi connectivity index (χ2n) is 9.81. The van der Waals surface area contributed by atoms with Crippen molar-refractivity contribution in [2.24, 2.45) is 0 Å². The average Bonchev–Trinajstić information content (AvgIpc) is 3.59. The number of anilines is 1. The van der Waals surface area contributed by atoms with Crippen molar-refractivity contribution in [2.75, 3.05) is 11.9 Å². The van der Waals surface area contributed by atoms with Crippen molar-refractivity contribution in [1.82, 2.24) is 26.1 Å². The van der Waals surface area contributed by atoms with Gasteiger partial charge in [-0.25, -0.2) is 9.59 Å². The number of aliphatic carboxylic acids is 1. The van der Waals surface area contributed by atoms with Crippen LogP contribution in [0.15, 0.2) is 60.8 Å². The number of carbonyl (C=O) groups is 4. The smallest absolute Gasteiger partial charge is 0.328 e. The number of nitrogens with one attached hydrogen (secondary N) is 5. The number of urea groups is 1. The highest BCUT2D eigenvalue weighted by Crippen LogP contribution is 2.32. The average molecular weight is 609 g/mol. The van der Waals surface area contributed by atoms with E-state index in [2.05, 4.69) is 31.5 Å². The number of hydrogen-bond acceptors (Lipinski definition) is 5. The Morgan fingerprint density at radius 1 is 1.07 bits per heavy atom. The summed E-state index contributed by atoms with van der Waals surface area (Å²) in [6, 6.07) is 13.8. The topological polar surface area (TPSA) is 165 Å². The molecule has 42 heavy (non-hydrogen) atoms. The molecule has 2 atom stereocenters. The van der Waals surface area contributed by atoms with E-state index in [9.17, 15) is 24.3 Å². The van der Waals surface area contributed by atoms with Crippen LogP contribution >= 0.6 is 23.2 Å². The van der Waals surface area contributed by atoms with Crippen molar-refractivity contribution in [1.29, 1.82) is 0 Å². The molecule has 0 radical (unpaired) electrons. The summed E-state index contributed by atoms with van der Waals surface area (Å²) in [5, 5.41) is 27.5. The van der Waals surface area contributed by atoms with Crippen LogP contribution in [0, 0.1) is 0 Å². The Hall–Kier alpha value is -4.61. The van der Waals surface area contributed by atoms with E-state index < -0.39 is 36.4 Å². The number of carboxylic acids is 1. The zero-order valence-corrected chi connectivity index (χ0v) is 23.6. The van der Waals surface area contributed by atoms with Crippen LogP contribution in [0.3, 0.4) is 0 Å². The molecule has 1 aliphatic rings. The first-order valence-electron chi connectivity index (χ1n) is 13.1. The number of nitrogens with zero attached hydrogens (tertiary/aromatic N) is 1. The van der Waals surface area contributed by atoms with Crippen LogP contribution < -0.4 is 21.3 Å². The maximum Gasteiger partial charge on any atom is 0.328 e. The lowest BCUT2D eigenvalue weighted by atomic mass is 10.1. The van der Waals surface area contributed by atoms with Crippen molar-refractivity contribution >= 4 is 63.6 Å². The molecular formula is C29H26Cl2N6O5. The van der Waals surface area contributed by atoms with Gasteiger partial charge >= 0.3 is 12.0 Å². The summed E-state index contributed by atoms with van der Waals surface area (Å²) in [4.78, 5) is 50.2. The fourth-order valence-electron chi connectivity index (χ4n) is 4.88. The molecule has 5 rings (SSSR count). The minimum Gasteiger partial charge on any atom is -0.480 e. The third kappa shape index (κ3) is 6.48. The molecule has 6 N–H and O–H groups in total. The predicted molar refractivity (Wildman–Crippen MR) is 158 cm³/mol. The number of aryl methyl sites for hydroxylation is 1. The molecule has 1 heterocycles. The van der Waals surface area contributed by atoms with Gasteiger partial charge in [-0.1, -0.05) is 53.5 Å². The minimum absolute atomic E-state index is 0.0306. The van der Waals surface area contributed by atoms with Gasteiger partial charge < -0.3 is 26.4 Å². The van der Waals surface area contributed by atoms with Gasteiger partial charge in [-0.05, 0) is 53.8 Å².